The fraction of sp³-hybridized carbons (Fsp3) is 0.0909. The normalized spacial score (nSPS) is 10.2. The van der Waals surface area contributed by atoms with Gasteiger partial charge in [-0.3, -0.25) is 10.1 Å². The summed E-state index contributed by atoms with van der Waals surface area (Å²) in [6.45, 7) is 1.89. The van der Waals surface area contributed by atoms with Gasteiger partial charge in [-0.2, -0.15) is 0 Å². The number of anilines is 2. The lowest BCUT2D eigenvalue weighted by Gasteiger charge is -2.04. The number of aromatic nitrogens is 1. The van der Waals surface area contributed by atoms with Gasteiger partial charge >= 0.3 is 5.97 Å². The van der Waals surface area contributed by atoms with Crippen LogP contribution in [-0.4, -0.2) is 21.0 Å². The van der Waals surface area contributed by atoms with Crippen molar-refractivity contribution >= 4 is 33.8 Å². The first-order valence-electron chi connectivity index (χ1n) is 5.18. The Bertz CT molecular complexity index is 653. The second-order valence-corrected chi connectivity index (χ2v) is 4.93. The highest BCUT2D eigenvalue weighted by Gasteiger charge is 2.20. The third-order valence-corrected chi connectivity index (χ3v) is 3.13. The monoisotopic (exact) mass is 279 g/mol. The Morgan fingerprint density at radius 2 is 2.26 bits per heavy atom. The molecular formula is C11H9N3O4S. The maximum absolute atomic E-state index is 10.9. The molecule has 0 saturated carbocycles. The minimum absolute atomic E-state index is 0.342. The van der Waals surface area contributed by atoms with Gasteiger partial charge in [-0.25, -0.2) is 9.78 Å². The van der Waals surface area contributed by atoms with Crippen molar-refractivity contribution in [2.45, 2.75) is 6.92 Å². The predicted molar refractivity (Wildman–Crippen MR) is 70.2 cm³/mol. The molecule has 7 nitrogen and oxygen atoms in total. The van der Waals surface area contributed by atoms with Crippen LogP contribution >= 0.6 is 11.3 Å². The van der Waals surface area contributed by atoms with E-state index < -0.39 is 16.6 Å². The third-order valence-electron chi connectivity index (χ3n) is 2.30. The number of carboxylic acid groups (broad SMARTS) is 1. The average molecular weight is 279 g/mol. The molecule has 0 atom stereocenters. The molecule has 0 bridgehead atoms. The zero-order valence-electron chi connectivity index (χ0n) is 9.78. The average Bonchev–Trinajstić information content (AvgIpc) is 2.74. The van der Waals surface area contributed by atoms with Crippen molar-refractivity contribution in [1.82, 2.24) is 4.98 Å². The number of nitrogens with zero attached hydrogens (tertiary/aromatic N) is 2. The molecule has 0 aliphatic heterocycles. The van der Waals surface area contributed by atoms with Crippen LogP contribution in [-0.2, 0) is 0 Å². The van der Waals surface area contributed by atoms with E-state index in [4.69, 9.17) is 5.11 Å². The van der Waals surface area contributed by atoms with Crippen molar-refractivity contribution in [3.63, 3.8) is 0 Å². The fourth-order valence-electron chi connectivity index (χ4n) is 1.48. The quantitative estimate of drug-likeness (QED) is 0.658. The highest BCUT2D eigenvalue weighted by atomic mass is 32.1. The molecule has 0 aliphatic carbocycles. The Kier molecular flexibility index (Phi) is 3.43. The molecule has 1 heterocycles. The first-order chi connectivity index (χ1) is 8.97. The summed E-state index contributed by atoms with van der Waals surface area (Å²) in [6, 6.07) is 3.84. The molecule has 0 fully saturated rings. The van der Waals surface area contributed by atoms with Crippen LogP contribution in [0.3, 0.4) is 0 Å². The van der Waals surface area contributed by atoms with Crippen molar-refractivity contribution < 1.29 is 14.8 Å². The minimum atomic E-state index is -1.33. The summed E-state index contributed by atoms with van der Waals surface area (Å²) in [5.41, 5.74) is -0.373. The lowest BCUT2D eigenvalue weighted by molar-refractivity contribution is -0.385. The molecule has 2 aromatic rings. The number of nitro groups is 1. The van der Waals surface area contributed by atoms with Crippen molar-refractivity contribution in [2.24, 2.45) is 0 Å². The topological polar surface area (TPSA) is 105 Å². The highest BCUT2D eigenvalue weighted by molar-refractivity contribution is 7.15. The molecule has 2 N–H and O–H groups in total. The number of aryl methyl sites for hydroxylation is 1. The van der Waals surface area contributed by atoms with Crippen molar-refractivity contribution in [2.75, 3.05) is 5.32 Å². The van der Waals surface area contributed by atoms with E-state index in [0.717, 1.165) is 4.88 Å². The van der Waals surface area contributed by atoms with E-state index in [9.17, 15) is 14.9 Å². The van der Waals surface area contributed by atoms with Gasteiger partial charge in [0.2, 0.25) is 0 Å². The van der Waals surface area contributed by atoms with Crippen LogP contribution < -0.4 is 5.32 Å². The van der Waals surface area contributed by atoms with Gasteiger partial charge in [0.15, 0.2) is 5.13 Å². The first kappa shape index (κ1) is 13.0. The van der Waals surface area contributed by atoms with Gasteiger partial charge < -0.3 is 10.4 Å². The van der Waals surface area contributed by atoms with Gasteiger partial charge in [-0.15, -0.1) is 11.3 Å². The molecule has 0 aliphatic rings. The molecule has 0 unspecified atom stereocenters. The molecule has 19 heavy (non-hydrogen) atoms. The summed E-state index contributed by atoms with van der Waals surface area (Å²) < 4.78 is 0. The molecule has 1 aromatic carbocycles. The Morgan fingerprint density at radius 1 is 1.53 bits per heavy atom. The molecule has 1 aromatic heterocycles. The Labute approximate surface area is 111 Å². The molecule has 0 saturated heterocycles. The van der Waals surface area contributed by atoms with Crippen molar-refractivity contribution in [3.8, 4) is 0 Å². The van der Waals surface area contributed by atoms with Crippen molar-refractivity contribution in [3.05, 3.63) is 45.0 Å². The summed E-state index contributed by atoms with van der Waals surface area (Å²) in [7, 11) is 0. The second kappa shape index (κ2) is 5.02. The number of nitrogens with one attached hydrogen (secondary N) is 1. The number of carbonyl (C=O) groups is 1. The number of hydrogen-bond acceptors (Lipinski definition) is 6. The number of hydrogen-bond donors (Lipinski definition) is 2. The Hall–Kier alpha value is -2.48. The van der Waals surface area contributed by atoms with E-state index >= 15 is 0 Å². The molecule has 2 rings (SSSR count). The smallest absolute Gasteiger partial charge is 0.342 e. The van der Waals surface area contributed by atoms with E-state index in [0.29, 0.717) is 10.8 Å². The Morgan fingerprint density at radius 3 is 2.79 bits per heavy atom. The molecule has 8 heteroatoms. The molecule has 0 spiro atoms. The summed E-state index contributed by atoms with van der Waals surface area (Å²) in [5, 5.41) is 23.2. The van der Waals surface area contributed by atoms with Crippen molar-refractivity contribution in [1.29, 1.82) is 0 Å². The number of benzene rings is 1. The van der Waals surface area contributed by atoms with Crippen LogP contribution in [0.1, 0.15) is 15.2 Å². The number of rotatable bonds is 4. The van der Waals surface area contributed by atoms with Crippen LogP contribution in [0.25, 0.3) is 0 Å². The van der Waals surface area contributed by atoms with Crippen LogP contribution in [0.2, 0.25) is 0 Å². The van der Waals surface area contributed by atoms with Gasteiger partial charge in [-0.1, -0.05) is 0 Å². The van der Waals surface area contributed by atoms with Crippen LogP contribution in [0, 0.1) is 17.0 Å². The van der Waals surface area contributed by atoms with Gasteiger partial charge in [0.25, 0.3) is 5.69 Å². The zero-order valence-corrected chi connectivity index (χ0v) is 10.6. The first-order valence-corrected chi connectivity index (χ1v) is 6.00. The number of thiazole rings is 1. The Balaban J connectivity index is 2.35. The number of nitro benzene ring substituents is 1. The maximum Gasteiger partial charge on any atom is 0.342 e. The maximum atomic E-state index is 10.9. The van der Waals surface area contributed by atoms with E-state index in [-0.39, 0.29) is 5.56 Å². The van der Waals surface area contributed by atoms with Gasteiger partial charge in [0.1, 0.15) is 5.56 Å². The standard InChI is InChI=1S/C11H9N3O4S/c1-6-5-12-11(19-6)13-7-2-3-8(10(15)16)9(4-7)14(17)18/h2-5H,1H3,(H,12,13)(H,15,16). The largest absolute Gasteiger partial charge is 0.477 e. The summed E-state index contributed by atoms with van der Waals surface area (Å²) in [6.07, 6.45) is 1.67. The van der Waals surface area contributed by atoms with E-state index in [1.165, 1.54) is 29.5 Å². The van der Waals surface area contributed by atoms with Crippen LogP contribution in [0.5, 0.6) is 0 Å². The lowest BCUT2D eigenvalue weighted by Crippen LogP contribution is -2.03. The predicted octanol–water partition coefficient (Wildman–Crippen LogP) is 2.80. The third kappa shape index (κ3) is 2.86. The van der Waals surface area contributed by atoms with Gasteiger partial charge in [0, 0.05) is 22.8 Å². The molecular weight excluding hydrogens is 270 g/mol. The molecule has 98 valence electrons. The number of aromatic carboxylic acids is 1. The minimum Gasteiger partial charge on any atom is -0.477 e. The highest BCUT2D eigenvalue weighted by Crippen LogP contribution is 2.27. The summed E-state index contributed by atoms with van der Waals surface area (Å²) in [5.74, 6) is -1.33. The second-order valence-electron chi connectivity index (χ2n) is 3.70. The van der Waals surface area contributed by atoms with E-state index in [1.807, 2.05) is 6.92 Å². The van der Waals surface area contributed by atoms with Gasteiger partial charge in [0.05, 0.1) is 4.92 Å². The molecule has 0 amide bonds. The lowest BCUT2D eigenvalue weighted by atomic mass is 10.1. The summed E-state index contributed by atoms with van der Waals surface area (Å²) in [4.78, 5) is 26.0. The molecule has 0 radical (unpaired) electrons. The zero-order chi connectivity index (χ0) is 14.0. The van der Waals surface area contributed by atoms with E-state index in [1.54, 1.807) is 6.20 Å². The van der Waals surface area contributed by atoms with Gasteiger partial charge in [-0.05, 0) is 19.1 Å². The van der Waals surface area contributed by atoms with Crippen LogP contribution in [0.15, 0.2) is 24.4 Å². The van der Waals surface area contributed by atoms with E-state index in [2.05, 4.69) is 10.3 Å². The van der Waals surface area contributed by atoms with Crippen LogP contribution in [0.4, 0.5) is 16.5 Å². The SMILES string of the molecule is Cc1cnc(Nc2ccc(C(=O)O)c([N+](=O)[O-])c2)s1. The fourth-order valence-corrected chi connectivity index (χ4v) is 2.16. The summed E-state index contributed by atoms with van der Waals surface area (Å²) >= 11 is 1.40. The number of carboxylic acids is 1.